The number of nitrogens with zero attached hydrogens (tertiary/aromatic N) is 1. The van der Waals surface area contributed by atoms with Crippen LogP contribution in [0.4, 0.5) is 0 Å². The van der Waals surface area contributed by atoms with Crippen molar-refractivity contribution >= 4 is 6.21 Å². The van der Waals surface area contributed by atoms with Gasteiger partial charge in [-0.1, -0.05) is 0 Å². The third-order valence-corrected chi connectivity index (χ3v) is 2.46. The first-order valence-corrected chi connectivity index (χ1v) is 7.16. The fourth-order valence-electron chi connectivity index (χ4n) is 1.48. The summed E-state index contributed by atoms with van der Waals surface area (Å²) in [5.41, 5.74) is -0.451. The fourth-order valence-corrected chi connectivity index (χ4v) is 1.48. The van der Waals surface area contributed by atoms with E-state index in [4.69, 9.17) is 14.2 Å². The van der Waals surface area contributed by atoms with Crippen molar-refractivity contribution in [3.05, 3.63) is 0 Å². The molecule has 0 saturated carbocycles. The standard InChI is InChI=1S/C15H31NO3/c1-8-16-15(9-17-12(2)3,10-18-13(4)5)11-19-14(6)7/h8,12-14H,9-11H2,1-7H3. The van der Waals surface area contributed by atoms with Gasteiger partial charge in [-0.05, 0) is 54.7 Å². The van der Waals surface area contributed by atoms with Gasteiger partial charge in [0.15, 0.2) is 0 Å². The van der Waals surface area contributed by atoms with E-state index in [1.807, 2.05) is 48.5 Å². The lowest BCUT2D eigenvalue weighted by Crippen LogP contribution is -2.44. The van der Waals surface area contributed by atoms with Crippen molar-refractivity contribution in [3.8, 4) is 0 Å². The number of rotatable bonds is 10. The van der Waals surface area contributed by atoms with Gasteiger partial charge in [-0.15, -0.1) is 0 Å². The molecule has 0 amide bonds. The summed E-state index contributed by atoms with van der Waals surface area (Å²) < 4.78 is 17.3. The molecule has 0 aliphatic heterocycles. The number of hydrogen-bond donors (Lipinski definition) is 0. The first-order valence-electron chi connectivity index (χ1n) is 7.16. The zero-order valence-electron chi connectivity index (χ0n) is 13.6. The summed E-state index contributed by atoms with van der Waals surface area (Å²) in [4.78, 5) is 4.57. The Hall–Kier alpha value is -0.450. The van der Waals surface area contributed by atoms with Gasteiger partial charge in [-0.25, -0.2) is 0 Å². The molecule has 0 N–H and O–H groups in total. The van der Waals surface area contributed by atoms with Gasteiger partial charge in [0.25, 0.3) is 0 Å². The highest BCUT2D eigenvalue weighted by Crippen LogP contribution is 2.17. The molecular formula is C15H31NO3. The first kappa shape index (κ1) is 18.6. The summed E-state index contributed by atoms with van der Waals surface area (Å²) in [6.07, 6.45) is 2.32. The van der Waals surface area contributed by atoms with Crippen LogP contribution in [0.5, 0.6) is 0 Å². The molecule has 0 aromatic rings. The predicted octanol–water partition coefficient (Wildman–Crippen LogP) is 3.09. The Bertz CT molecular complexity index is 218. The van der Waals surface area contributed by atoms with Crippen LogP contribution in [0.25, 0.3) is 0 Å². The van der Waals surface area contributed by atoms with Crippen molar-refractivity contribution in [2.24, 2.45) is 4.99 Å². The maximum Gasteiger partial charge on any atom is 0.130 e. The Labute approximate surface area is 118 Å². The van der Waals surface area contributed by atoms with Gasteiger partial charge in [0.05, 0.1) is 38.1 Å². The Morgan fingerprint density at radius 1 is 0.789 bits per heavy atom. The van der Waals surface area contributed by atoms with Gasteiger partial charge in [0.2, 0.25) is 0 Å². The molecule has 19 heavy (non-hydrogen) atoms. The maximum atomic E-state index is 5.75. The van der Waals surface area contributed by atoms with Gasteiger partial charge in [0, 0.05) is 0 Å². The molecule has 4 nitrogen and oxygen atoms in total. The molecule has 0 spiro atoms. The highest BCUT2D eigenvalue weighted by Gasteiger charge is 2.31. The average Bonchev–Trinajstić information content (AvgIpc) is 2.31. The van der Waals surface area contributed by atoms with Crippen LogP contribution < -0.4 is 0 Å². The van der Waals surface area contributed by atoms with Crippen molar-refractivity contribution in [2.75, 3.05) is 19.8 Å². The summed E-state index contributed by atoms with van der Waals surface area (Å²) in [7, 11) is 0. The molecule has 114 valence electrons. The van der Waals surface area contributed by atoms with Crippen LogP contribution in [0, 0.1) is 0 Å². The van der Waals surface area contributed by atoms with E-state index in [1.165, 1.54) is 0 Å². The molecule has 0 fully saturated rings. The topological polar surface area (TPSA) is 40.0 Å². The minimum absolute atomic E-state index is 0.171. The van der Waals surface area contributed by atoms with E-state index in [-0.39, 0.29) is 18.3 Å². The van der Waals surface area contributed by atoms with Crippen molar-refractivity contribution in [2.45, 2.75) is 72.3 Å². The summed E-state index contributed by atoms with van der Waals surface area (Å²) in [5.74, 6) is 0. The third kappa shape index (κ3) is 9.14. The zero-order chi connectivity index (χ0) is 14.9. The van der Waals surface area contributed by atoms with Gasteiger partial charge >= 0.3 is 0 Å². The van der Waals surface area contributed by atoms with Crippen molar-refractivity contribution in [1.82, 2.24) is 0 Å². The minimum Gasteiger partial charge on any atom is -0.376 e. The maximum absolute atomic E-state index is 5.75. The Balaban J connectivity index is 4.76. The van der Waals surface area contributed by atoms with Gasteiger partial charge in [-0.2, -0.15) is 0 Å². The van der Waals surface area contributed by atoms with Gasteiger partial charge in [0.1, 0.15) is 5.54 Å². The SMILES string of the molecule is CC=NC(COC(C)C)(COC(C)C)COC(C)C. The first-order chi connectivity index (χ1) is 8.81. The van der Waals surface area contributed by atoms with Crippen molar-refractivity contribution in [1.29, 1.82) is 0 Å². The third-order valence-electron chi connectivity index (χ3n) is 2.46. The fraction of sp³-hybridized carbons (Fsp3) is 0.933. The summed E-state index contributed by atoms with van der Waals surface area (Å²) in [6, 6.07) is 0. The van der Waals surface area contributed by atoms with E-state index >= 15 is 0 Å². The van der Waals surface area contributed by atoms with Crippen LogP contribution >= 0.6 is 0 Å². The second kappa shape index (κ2) is 9.45. The van der Waals surface area contributed by atoms with Crippen LogP contribution in [-0.4, -0.2) is 49.9 Å². The normalized spacial score (nSPS) is 13.4. The Morgan fingerprint density at radius 3 is 1.32 bits per heavy atom. The molecule has 0 unspecified atom stereocenters. The summed E-state index contributed by atoms with van der Waals surface area (Å²) in [5, 5.41) is 0. The second-order valence-corrected chi connectivity index (χ2v) is 5.69. The van der Waals surface area contributed by atoms with E-state index in [1.54, 1.807) is 6.21 Å². The molecule has 0 bridgehead atoms. The van der Waals surface area contributed by atoms with Crippen LogP contribution in [-0.2, 0) is 14.2 Å². The average molecular weight is 273 g/mol. The largest absolute Gasteiger partial charge is 0.376 e. The highest BCUT2D eigenvalue weighted by molar-refractivity contribution is 5.54. The number of hydrogen-bond acceptors (Lipinski definition) is 4. The summed E-state index contributed by atoms with van der Waals surface area (Å²) >= 11 is 0. The van der Waals surface area contributed by atoms with Crippen molar-refractivity contribution in [3.63, 3.8) is 0 Å². The molecule has 0 aromatic carbocycles. The molecule has 0 saturated heterocycles. The lowest BCUT2D eigenvalue weighted by atomic mass is 10.0. The van der Waals surface area contributed by atoms with Gasteiger partial charge < -0.3 is 14.2 Å². The summed E-state index contributed by atoms with van der Waals surface area (Å²) in [6.45, 7) is 15.6. The quantitative estimate of drug-likeness (QED) is 0.574. The molecule has 0 heterocycles. The molecule has 0 aliphatic rings. The lowest BCUT2D eigenvalue weighted by Gasteiger charge is -2.31. The van der Waals surface area contributed by atoms with Gasteiger partial charge in [-0.3, -0.25) is 4.99 Å². The number of aliphatic imine (C=N–C) groups is 1. The Kier molecular flexibility index (Phi) is 9.23. The second-order valence-electron chi connectivity index (χ2n) is 5.69. The highest BCUT2D eigenvalue weighted by atomic mass is 16.5. The minimum atomic E-state index is -0.451. The van der Waals surface area contributed by atoms with E-state index < -0.39 is 5.54 Å². The van der Waals surface area contributed by atoms with E-state index in [9.17, 15) is 0 Å². The monoisotopic (exact) mass is 273 g/mol. The molecule has 0 aliphatic carbocycles. The molecule has 4 heteroatoms. The van der Waals surface area contributed by atoms with E-state index in [0.29, 0.717) is 19.8 Å². The molecular weight excluding hydrogens is 242 g/mol. The van der Waals surface area contributed by atoms with Crippen LogP contribution in [0.15, 0.2) is 4.99 Å². The van der Waals surface area contributed by atoms with Crippen LogP contribution in [0.3, 0.4) is 0 Å². The predicted molar refractivity (Wildman–Crippen MR) is 80.2 cm³/mol. The lowest BCUT2D eigenvalue weighted by molar-refractivity contribution is -0.0580. The Morgan fingerprint density at radius 2 is 1.11 bits per heavy atom. The molecule has 0 atom stereocenters. The van der Waals surface area contributed by atoms with Crippen molar-refractivity contribution < 1.29 is 14.2 Å². The molecule has 0 radical (unpaired) electrons. The molecule has 0 rings (SSSR count). The van der Waals surface area contributed by atoms with Crippen LogP contribution in [0.1, 0.15) is 48.5 Å². The zero-order valence-corrected chi connectivity index (χ0v) is 13.6. The van der Waals surface area contributed by atoms with Crippen LogP contribution in [0.2, 0.25) is 0 Å². The van der Waals surface area contributed by atoms with E-state index in [2.05, 4.69) is 4.99 Å². The number of ether oxygens (including phenoxy) is 3. The molecule has 0 aromatic heterocycles. The van der Waals surface area contributed by atoms with E-state index in [0.717, 1.165) is 0 Å². The smallest absolute Gasteiger partial charge is 0.130 e.